The minimum atomic E-state index is -0.471. The second kappa shape index (κ2) is 11.0. The van der Waals surface area contributed by atoms with Crippen LogP contribution >= 0.6 is 11.3 Å². The summed E-state index contributed by atoms with van der Waals surface area (Å²) in [4.78, 5) is 33.0. The van der Waals surface area contributed by atoms with Crippen molar-refractivity contribution >= 4 is 34.9 Å². The number of nitrogens with zero attached hydrogens (tertiary/aromatic N) is 3. The second-order valence-electron chi connectivity index (χ2n) is 6.03. The molecule has 0 atom stereocenters. The Morgan fingerprint density at radius 3 is 2.79 bits per heavy atom. The van der Waals surface area contributed by atoms with Gasteiger partial charge in [-0.3, -0.25) is 19.8 Å². The number of cyclic esters (lactones) is 1. The number of aromatic nitrogens is 2. The summed E-state index contributed by atoms with van der Waals surface area (Å²) in [5, 5.41) is 18.7. The number of anilines is 1. The number of aryl methyl sites for hydroxylation is 2. The molecule has 11 heteroatoms. The molecule has 0 radical (unpaired) electrons. The van der Waals surface area contributed by atoms with Gasteiger partial charge < -0.3 is 14.6 Å². The molecule has 1 saturated heterocycles. The van der Waals surface area contributed by atoms with Crippen LogP contribution in [0.4, 0.5) is 9.93 Å². The maximum Gasteiger partial charge on any atom is 0.410 e. The van der Waals surface area contributed by atoms with Crippen LogP contribution < -0.4 is 10.1 Å². The number of rotatable bonds is 7. The molecule has 1 fully saturated rings. The molecular formula is C18H22N4O6S. The summed E-state index contributed by atoms with van der Waals surface area (Å²) in [6, 6.07) is 5.97. The Kier molecular flexibility index (Phi) is 8.34. The lowest BCUT2D eigenvalue weighted by molar-refractivity contribution is -0.123. The average Bonchev–Trinajstić information content (AvgIpc) is 3.28. The molecule has 3 rings (SSSR count). The normalized spacial score (nSPS) is 12.6. The van der Waals surface area contributed by atoms with E-state index in [4.69, 9.17) is 19.4 Å². The molecular weight excluding hydrogens is 400 g/mol. The highest BCUT2D eigenvalue weighted by Gasteiger charge is 2.24. The van der Waals surface area contributed by atoms with Crippen molar-refractivity contribution in [3.8, 4) is 5.75 Å². The van der Waals surface area contributed by atoms with Gasteiger partial charge in [-0.2, -0.15) is 0 Å². The first-order valence-electron chi connectivity index (χ1n) is 8.74. The van der Waals surface area contributed by atoms with E-state index in [1.54, 1.807) is 0 Å². The molecule has 2 aromatic rings. The van der Waals surface area contributed by atoms with Crippen LogP contribution in [-0.4, -0.2) is 65.0 Å². The fourth-order valence-electron chi connectivity index (χ4n) is 2.37. The van der Waals surface area contributed by atoms with E-state index in [1.807, 2.05) is 25.1 Å². The van der Waals surface area contributed by atoms with Crippen molar-refractivity contribution < 1.29 is 29.0 Å². The fourth-order valence-corrected chi connectivity index (χ4v) is 3.10. The van der Waals surface area contributed by atoms with Gasteiger partial charge in [-0.1, -0.05) is 17.4 Å². The van der Waals surface area contributed by atoms with Gasteiger partial charge >= 0.3 is 6.09 Å². The molecule has 0 unspecified atom stereocenters. The first kappa shape index (κ1) is 22.1. The van der Waals surface area contributed by atoms with Crippen LogP contribution in [0.15, 0.2) is 18.2 Å². The molecule has 0 aliphatic carbocycles. The monoisotopic (exact) mass is 422 g/mol. The van der Waals surface area contributed by atoms with Crippen molar-refractivity contribution in [3.63, 3.8) is 0 Å². The van der Waals surface area contributed by atoms with Crippen molar-refractivity contribution in [3.05, 3.63) is 34.3 Å². The van der Waals surface area contributed by atoms with E-state index in [1.165, 1.54) is 27.4 Å². The number of carbonyl (C=O) groups is 3. The summed E-state index contributed by atoms with van der Waals surface area (Å²) in [6.07, 6.45) is 0.125. The minimum Gasteiger partial charge on any atom is -0.493 e. The largest absolute Gasteiger partial charge is 0.493 e. The number of benzene rings is 1. The van der Waals surface area contributed by atoms with Gasteiger partial charge in [0.25, 0.3) is 6.47 Å². The molecule has 2 amide bonds. The molecule has 10 nitrogen and oxygen atoms in total. The summed E-state index contributed by atoms with van der Waals surface area (Å²) in [6.45, 7) is 5.01. The maximum atomic E-state index is 11.9. The lowest BCUT2D eigenvalue weighted by Crippen LogP contribution is -2.33. The number of ether oxygens (including phenoxy) is 2. The van der Waals surface area contributed by atoms with E-state index >= 15 is 0 Å². The van der Waals surface area contributed by atoms with Crippen LogP contribution in [-0.2, 0) is 20.7 Å². The zero-order valence-electron chi connectivity index (χ0n) is 16.1. The molecule has 1 aromatic heterocycles. The van der Waals surface area contributed by atoms with Crippen LogP contribution in [0.25, 0.3) is 0 Å². The zero-order chi connectivity index (χ0) is 21.2. The van der Waals surface area contributed by atoms with E-state index in [9.17, 15) is 9.59 Å². The summed E-state index contributed by atoms with van der Waals surface area (Å²) >= 11 is 1.29. The number of carboxylic acid groups (broad SMARTS) is 1. The Labute approximate surface area is 171 Å². The van der Waals surface area contributed by atoms with Gasteiger partial charge in [-0.25, -0.2) is 4.79 Å². The standard InChI is InChI=1S/C17H20N4O4S.CH2O2/c1-11-3-4-13(9-12(11)2)24-7-5-15-19-20-16(26-15)18-14(22)10-21-6-8-25-17(21)23;2-1-3/h3-4,9H,5-8,10H2,1-2H3,(H,18,20,22);1H,(H,2,3). The first-order chi connectivity index (χ1) is 13.9. The van der Waals surface area contributed by atoms with Gasteiger partial charge in [0.2, 0.25) is 11.0 Å². The van der Waals surface area contributed by atoms with Gasteiger partial charge in [0.05, 0.1) is 13.2 Å². The summed E-state index contributed by atoms with van der Waals surface area (Å²) < 4.78 is 10.5. The molecule has 29 heavy (non-hydrogen) atoms. The van der Waals surface area contributed by atoms with Crippen LogP contribution in [0.2, 0.25) is 0 Å². The lowest BCUT2D eigenvalue weighted by Gasteiger charge is -2.10. The summed E-state index contributed by atoms with van der Waals surface area (Å²) in [5.74, 6) is 0.501. The molecule has 0 saturated carbocycles. The van der Waals surface area contributed by atoms with Crippen molar-refractivity contribution in [1.29, 1.82) is 0 Å². The molecule has 0 spiro atoms. The second-order valence-corrected chi connectivity index (χ2v) is 7.10. The number of nitrogens with one attached hydrogen (secondary N) is 1. The SMILES string of the molecule is Cc1ccc(OCCc2nnc(NC(=O)CN3CCOC3=O)s2)cc1C.O=CO. The van der Waals surface area contributed by atoms with E-state index in [0.717, 1.165) is 10.8 Å². The van der Waals surface area contributed by atoms with Crippen molar-refractivity contribution in [1.82, 2.24) is 15.1 Å². The Bertz CT molecular complexity index is 857. The summed E-state index contributed by atoms with van der Waals surface area (Å²) in [5.41, 5.74) is 2.41. The third-order valence-electron chi connectivity index (χ3n) is 3.96. The summed E-state index contributed by atoms with van der Waals surface area (Å²) in [7, 11) is 0. The van der Waals surface area contributed by atoms with Crippen LogP contribution in [0.3, 0.4) is 0 Å². The number of carbonyl (C=O) groups excluding carboxylic acids is 2. The van der Waals surface area contributed by atoms with Gasteiger partial charge in [-0.05, 0) is 37.1 Å². The van der Waals surface area contributed by atoms with Crippen LogP contribution in [0, 0.1) is 13.8 Å². The molecule has 2 heterocycles. The van der Waals surface area contributed by atoms with E-state index in [-0.39, 0.29) is 18.9 Å². The molecule has 1 aromatic carbocycles. The Hall–Kier alpha value is -3.21. The lowest BCUT2D eigenvalue weighted by atomic mass is 10.1. The van der Waals surface area contributed by atoms with Gasteiger partial charge in [0.1, 0.15) is 23.9 Å². The molecule has 1 aliphatic rings. The third kappa shape index (κ3) is 7.03. The molecule has 0 bridgehead atoms. The smallest absolute Gasteiger partial charge is 0.410 e. The van der Waals surface area contributed by atoms with Crippen molar-refractivity contribution in [2.45, 2.75) is 20.3 Å². The predicted octanol–water partition coefficient (Wildman–Crippen LogP) is 1.87. The fraction of sp³-hybridized carbons (Fsp3) is 0.389. The average molecular weight is 422 g/mol. The number of hydrogen-bond donors (Lipinski definition) is 2. The Morgan fingerprint density at radius 2 is 2.14 bits per heavy atom. The van der Waals surface area contributed by atoms with E-state index < -0.39 is 6.09 Å². The number of amides is 2. The highest BCUT2D eigenvalue weighted by atomic mass is 32.1. The minimum absolute atomic E-state index is 0.0520. The third-order valence-corrected chi connectivity index (χ3v) is 4.85. The van der Waals surface area contributed by atoms with E-state index in [0.29, 0.717) is 31.3 Å². The zero-order valence-corrected chi connectivity index (χ0v) is 16.9. The molecule has 156 valence electrons. The topological polar surface area (TPSA) is 131 Å². The quantitative estimate of drug-likeness (QED) is 0.647. The first-order valence-corrected chi connectivity index (χ1v) is 9.56. The van der Waals surface area contributed by atoms with Crippen LogP contribution in [0.1, 0.15) is 16.1 Å². The molecule has 1 aliphatic heterocycles. The van der Waals surface area contributed by atoms with Gasteiger partial charge in [0.15, 0.2) is 0 Å². The van der Waals surface area contributed by atoms with Crippen molar-refractivity contribution in [2.24, 2.45) is 0 Å². The Morgan fingerprint density at radius 1 is 1.38 bits per heavy atom. The highest BCUT2D eigenvalue weighted by Crippen LogP contribution is 2.19. The van der Waals surface area contributed by atoms with E-state index in [2.05, 4.69) is 22.4 Å². The van der Waals surface area contributed by atoms with Gasteiger partial charge in [0, 0.05) is 6.42 Å². The molecule has 2 N–H and O–H groups in total. The maximum absolute atomic E-state index is 11.9. The Balaban J connectivity index is 0.000000941. The van der Waals surface area contributed by atoms with Gasteiger partial charge in [-0.15, -0.1) is 10.2 Å². The van der Waals surface area contributed by atoms with Crippen molar-refractivity contribution in [2.75, 3.05) is 31.6 Å². The predicted molar refractivity (Wildman–Crippen MR) is 105 cm³/mol. The number of hydrogen-bond acceptors (Lipinski definition) is 8. The van der Waals surface area contributed by atoms with Crippen LogP contribution in [0.5, 0.6) is 5.75 Å². The highest BCUT2D eigenvalue weighted by molar-refractivity contribution is 7.15.